The molecule has 2 aromatic carbocycles. The Bertz CT molecular complexity index is 890. The van der Waals surface area contributed by atoms with Gasteiger partial charge in [-0.05, 0) is 49.7 Å². The van der Waals surface area contributed by atoms with Crippen LogP contribution in [-0.2, 0) is 4.79 Å². The van der Waals surface area contributed by atoms with Gasteiger partial charge in [0.15, 0.2) is 11.0 Å². The molecule has 128 valence electrons. The van der Waals surface area contributed by atoms with E-state index in [0.717, 1.165) is 27.8 Å². The monoisotopic (exact) mass is 371 g/mol. The predicted octanol–water partition coefficient (Wildman–Crippen LogP) is 4.97. The van der Waals surface area contributed by atoms with Crippen LogP contribution in [0.5, 0.6) is 0 Å². The molecule has 0 aliphatic rings. The van der Waals surface area contributed by atoms with Crippen molar-refractivity contribution in [3.8, 4) is 17.1 Å². The van der Waals surface area contributed by atoms with E-state index in [9.17, 15) is 4.79 Å². The first kappa shape index (κ1) is 17.7. The zero-order valence-electron chi connectivity index (χ0n) is 14.1. The maximum atomic E-state index is 11.2. The van der Waals surface area contributed by atoms with Gasteiger partial charge in [0.1, 0.15) is 5.78 Å². The third-order valence-corrected chi connectivity index (χ3v) is 4.96. The van der Waals surface area contributed by atoms with Gasteiger partial charge in [-0.3, -0.25) is 9.36 Å². The largest absolute Gasteiger partial charge is 0.300 e. The minimum absolute atomic E-state index is 0.174. The fourth-order valence-corrected chi connectivity index (χ4v) is 3.58. The van der Waals surface area contributed by atoms with Crippen molar-refractivity contribution in [1.29, 1.82) is 0 Å². The summed E-state index contributed by atoms with van der Waals surface area (Å²) in [5, 5.41) is 10.2. The number of aromatic nitrogens is 3. The van der Waals surface area contributed by atoms with Crippen molar-refractivity contribution in [1.82, 2.24) is 14.8 Å². The number of aryl methyl sites for hydroxylation is 1. The summed E-state index contributed by atoms with van der Waals surface area (Å²) in [6, 6.07) is 15.7. The van der Waals surface area contributed by atoms with Gasteiger partial charge in [-0.15, -0.1) is 10.2 Å². The third-order valence-electron chi connectivity index (χ3n) is 3.78. The second kappa shape index (κ2) is 7.85. The first-order chi connectivity index (χ1) is 12.1. The molecule has 3 rings (SSSR count). The van der Waals surface area contributed by atoms with Crippen LogP contribution in [0.15, 0.2) is 53.7 Å². The minimum atomic E-state index is 0.174. The van der Waals surface area contributed by atoms with Crippen molar-refractivity contribution >= 4 is 29.1 Å². The summed E-state index contributed by atoms with van der Waals surface area (Å²) in [4.78, 5) is 11.2. The van der Waals surface area contributed by atoms with Gasteiger partial charge in [-0.1, -0.05) is 41.6 Å². The number of carbonyl (C=O) groups excluding carboxylic acids is 1. The van der Waals surface area contributed by atoms with Gasteiger partial charge >= 0.3 is 0 Å². The lowest BCUT2D eigenvalue weighted by molar-refractivity contribution is -0.116. The summed E-state index contributed by atoms with van der Waals surface area (Å²) in [5.74, 6) is 1.61. The minimum Gasteiger partial charge on any atom is -0.300 e. The number of rotatable bonds is 6. The zero-order valence-corrected chi connectivity index (χ0v) is 15.6. The molecule has 0 unspecified atom stereocenters. The van der Waals surface area contributed by atoms with Crippen molar-refractivity contribution in [2.45, 2.75) is 25.4 Å². The van der Waals surface area contributed by atoms with Crippen molar-refractivity contribution in [3.63, 3.8) is 0 Å². The maximum absolute atomic E-state index is 11.2. The Morgan fingerprint density at radius 3 is 2.52 bits per heavy atom. The van der Waals surface area contributed by atoms with Crippen LogP contribution in [0.1, 0.15) is 18.9 Å². The Kier molecular flexibility index (Phi) is 5.56. The first-order valence-electron chi connectivity index (χ1n) is 7.96. The standard InChI is InChI=1S/C19H18ClN3OS/c1-13-5-3-4-6-17(13)23-18(15-7-9-16(20)10-8-15)21-22-19(23)25-12-11-14(2)24/h3-10H,11-12H2,1-2H3. The Balaban J connectivity index is 2.06. The normalized spacial score (nSPS) is 10.8. The van der Waals surface area contributed by atoms with Crippen molar-refractivity contribution in [3.05, 3.63) is 59.1 Å². The highest BCUT2D eigenvalue weighted by atomic mass is 35.5. The second-order valence-electron chi connectivity index (χ2n) is 5.74. The molecular weight excluding hydrogens is 354 g/mol. The lowest BCUT2D eigenvalue weighted by Gasteiger charge is -2.12. The molecule has 1 heterocycles. The van der Waals surface area contributed by atoms with Crippen LogP contribution in [0.3, 0.4) is 0 Å². The van der Waals surface area contributed by atoms with Gasteiger partial charge in [0.25, 0.3) is 0 Å². The van der Waals surface area contributed by atoms with Crippen molar-refractivity contribution in [2.75, 3.05) is 5.75 Å². The number of nitrogens with zero attached hydrogens (tertiary/aromatic N) is 3. The number of carbonyl (C=O) groups is 1. The van der Waals surface area contributed by atoms with Gasteiger partial charge in [-0.2, -0.15) is 0 Å². The quantitative estimate of drug-likeness (QED) is 0.574. The molecule has 4 nitrogen and oxygen atoms in total. The number of hydrogen-bond donors (Lipinski definition) is 0. The summed E-state index contributed by atoms with van der Waals surface area (Å²) in [6.07, 6.45) is 0.515. The van der Waals surface area contributed by atoms with E-state index in [2.05, 4.69) is 23.2 Å². The SMILES string of the molecule is CC(=O)CCSc1nnc(-c2ccc(Cl)cc2)n1-c1ccccc1C. The predicted molar refractivity (Wildman–Crippen MR) is 103 cm³/mol. The summed E-state index contributed by atoms with van der Waals surface area (Å²) in [7, 11) is 0. The number of hydrogen-bond acceptors (Lipinski definition) is 4. The van der Waals surface area contributed by atoms with Crippen LogP contribution in [0.4, 0.5) is 0 Å². The summed E-state index contributed by atoms with van der Waals surface area (Å²) in [5.41, 5.74) is 3.10. The average Bonchev–Trinajstić information content (AvgIpc) is 2.99. The van der Waals surface area contributed by atoms with Crippen LogP contribution >= 0.6 is 23.4 Å². The Hall–Kier alpha value is -2.11. The Morgan fingerprint density at radius 1 is 1.12 bits per heavy atom. The number of para-hydroxylation sites is 1. The van der Waals surface area contributed by atoms with Crippen LogP contribution in [-0.4, -0.2) is 26.3 Å². The summed E-state index contributed by atoms with van der Waals surface area (Å²) < 4.78 is 2.05. The molecule has 3 aromatic rings. The maximum Gasteiger partial charge on any atom is 0.196 e. The fourth-order valence-electron chi connectivity index (χ4n) is 2.47. The third kappa shape index (κ3) is 4.11. The number of Topliss-reactive ketones (excluding diaryl/α,β-unsaturated/α-hetero) is 1. The lowest BCUT2D eigenvalue weighted by atomic mass is 10.1. The van der Waals surface area contributed by atoms with E-state index in [-0.39, 0.29) is 5.78 Å². The van der Waals surface area contributed by atoms with Gasteiger partial charge in [0.05, 0.1) is 5.69 Å². The van der Waals surface area contributed by atoms with Crippen molar-refractivity contribution in [2.24, 2.45) is 0 Å². The highest BCUT2D eigenvalue weighted by Gasteiger charge is 2.17. The number of halogens is 1. The number of ketones is 1. The van der Waals surface area contributed by atoms with E-state index < -0.39 is 0 Å². The van der Waals surface area contributed by atoms with E-state index in [1.807, 2.05) is 47.0 Å². The van der Waals surface area contributed by atoms with Crippen LogP contribution in [0.2, 0.25) is 5.02 Å². The van der Waals surface area contributed by atoms with Crippen LogP contribution in [0.25, 0.3) is 17.1 Å². The van der Waals surface area contributed by atoms with Crippen LogP contribution < -0.4 is 0 Å². The van der Waals surface area contributed by atoms with Gasteiger partial charge < -0.3 is 0 Å². The first-order valence-corrected chi connectivity index (χ1v) is 9.32. The molecule has 0 aliphatic heterocycles. The van der Waals surface area contributed by atoms with Crippen molar-refractivity contribution < 1.29 is 4.79 Å². The molecule has 0 atom stereocenters. The molecule has 0 aliphatic carbocycles. The van der Waals surface area contributed by atoms with Gasteiger partial charge in [0.2, 0.25) is 0 Å². The molecule has 1 aromatic heterocycles. The summed E-state index contributed by atoms with van der Waals surface area (Å²) >= 11 is 7.55. The molecule has 0 saturated carbocycles. The smallest absolute Gasteiger partial charge is 0.196 e. The highest BCUT2D eigenvalue weighted by molar-refractivity contribution is 7.99. The van der Waals surface area contributed by atoms with E-state index in [1.165, 1.54) is 0 Å². The summed E-state index contributed by atoms with van der Waals surface area (Å²) in [6.45, 7) is 3.66. The number of benzene rings is 2. The molecule has 0 radical (unpaired) electrons. The molecule has 6 heteroatoms. The molecular formula is C19H18ClN3OS. The van der Waals surface area contributed by atoms with E-state index in [1.54, 1.807) is 18.7 Å². The highest BCUT2D eigenvalue weighted by Crippen LogP contribution is 2.30. The van der Waals surface area contributed by atoms with E-state index in [0.29, 0.717) is 17.2 Å². The second-order valence-corrected chi connectivity index (χ2v) is 7.23. The molecule has 0 amide bonds. The molecule has 0 fully saturated rings. The molecule has 25 heavy (non-hydrogen) atoms. The number of thioether (sulfide) groups is 1. The lowest BCUT2D eigenvalue weighted by Crippen LogP contribution is -2.02. The van der Waals surface area contributed by atoms with E-state index in [4.69, 9.17) is 11.6 Å². The molecule has 0 bridgehead atoms. The molecule has 0 N–H and O–H groups in total. The fraction of sp³-hybridized carbons (Fsp3) is 0.211. The average molecular weight is 372 g/mol. The molecule has 0 saturated heterocycles. The van der Waals surface area contributed by atoms with Gasteiger partial charge in [0, 0.05) is 22.8 Å². The zero-order chi connectivity index (χ0) is 17.8. The van der Waals surface area contributed by atoms with Gasteiger partial charge in [-0.25, -0.2) is 0 Å². The Labute approximate surface area is 156 Å². The molecule has 0 spiro atoms. The van der Waals surface area contributed by atoms with E-state index >= 15 is 0 Å². The Morgan fingerprint density at radius 2 is 1.84 bits per heavy atom. The topological polar surface area (TPSA) is 47.8 Å². The van der Waals surface area contributed by atoms with Crippen LogP contribution in [0, 0.1) is 6.92 Å².